The topological polar surface area (TPSA) is 58.4 Å². The minimum absolute atomic E-state index is 0.0761. The van der Waals surface area contributed by atoms with Crippen LogP contribution in [0.4, 0.5) is 8.78 Å². The van der Waals surface area contributed by atoms with E-state index in [1.807, 2.05) is 0 Å². The minimum Gasteiger partial charge on any atom is -0.394 e. The van der Waals surface area contributed by atoms with Crippen LogP contribution in [-0.2, 0) is 7.05 Å². The Labute approximate surface area is 103 Å². The Balaban J connectivity index is 2.28. The maximum absolute atomic E-state index is 12.8. The van der Waals surface area contributed by atoms with E-state index in [0.29, 0.717) is 13.0 Å². The van der Waals surface area contributed by atoms with Crippen molar-refractivity contribution < 1.29 is 18.7 Å². The Morgan fingerprint density at radius 1 is 1.67 bits per heavy atom. The number of rotatable bonds is 3. The van der Waals surface area contributed by atoms with Gasteiger partial charge in [0.2, 0.25) is 0 Å². The van der Waals surface area contributed by atoms with Crippen molar-refractivity contribution in [3.8, 4) is 0 Å². The van der Waals surface area contributed by atoms with Gasteiger partial charge in [-0.15, -0.1) is 0 Å². The highest BCUT2D eigenvalue weighted by Crippen LogP contribution is 2.25. The maximum atomic E-state index is 12.8. The second-order valence-corrected chi connectivity index (χ2v) is 4.38. The smallest absolute Gasteiger partial charge is 0.282 e. The Morgan fingerprint density at radius 2 is 2.39 bits per heavy atom. The standard InChI is InChI=1S/C11H15F2N3O2/c1-15-5-8(9(14-15)10(12)13)11(18)16-4-2-3-7(16)6-17/h5,7,10,17H,2-4,6H2,1H3. The molecule has 7 heteroatoms. The summed E-state index contributed by atoms with van der Waals surface area (Å²) in [6.45, 7) is 0.345. The molecule has 18 heavy (non-hydrogen) atoms. The fourth-order valence-corrected chi connectivity index (χ4v) is 2.28. The van der Waals surface area contributed by atoms with Crippen molar-refractivity contribution in [3.63, 3.8) is 0 Å². The molecule has 2 rings (SSSR count). The summed E-state index contributed by atoms with van der Waals surface area (Å²) in [6, 6.07) is -0.275. The number of carbonyl (C=O) groups is 1. The molecule has 100 valence electrons. The van der Waals surface area contributed by atoms with Gasteiger partial charge in [0.25, 0.3) is 12.3 Å². The van der Waals surface area contributed by atoms with Crippen LogP contribution >= 0.6 is 0 Å². The van der Waals surface area contributed by atoms with Crippen LogP contribution in [0.5, 0.6) is 0 Å². The number of likely N-dealkylation sites (tertiary alicyclic amines) is 1. The van der Waals surface area contributed by atoms with Crippen LogP contribution in [0.3, 0.4) is 0 Å². The molecule has 1 N–H and O–H groups in total. The molecule has 1 aromatic rings. The van der Waals surface area contributed by atoms with Gasteiger partial charge in [-0.05, 0) is 12.8 Å². The summed E-state index contributed by atoms with van der Waals surface area (Å²) < 4.78 is 26.7. The number of aliphatic hydroxyl groups is 1. The number of hydrogen-bond donors (Lipinski definition) is 1. The van der Waals surface area contributed by atoms with Gasteiger partial charge < -0.3 is 10.0 Å². The molecule has 1 aromatic heterocycles. The van der Waals surface area contributed by atoms with Gasteiger partial charge in [-0.25, -0.2) is 8.78 Å². The highest BCUT2D eigenvalue weighted by atomic mass is 19.3. The van der Waals surface area contributed by atoms with E-state index in [9.17, 15) is 13.6 Å². The Bertz CT molecular complexity index is 447. The Hall–Kier alpha value is -1.50. The summed E-state index contributed by atoms with van der Waals surface area (Å²) in [6.07, 6.45) is 0.00461. The normalized spacial score (nSPS) is 19.8. The summed E-state index contributed by atoms with van der Waals surface area (Å²) >= 11 is 0. The van der Waals surface area contributed by atoms with E-state index in [0.717, 1.165) is 6.42 Å². The number of aromatic nitrogens is 2. The van der Waals surface area contributed by atoms with Crippen molar-refractivity contribution >= 4 is 5.91 Å². The maximum Gasteiger partial charge on any atom is 0.282 e. The quantitative estimate of drug-likeness (QED) is 0.879. The van der Waals surface area contributed by atoms with Gasteiger partial charge in [0.15, 0.2) is 0 Å². The molecular weight excluding hydrogens is 244 g/mol. The van der Waals surface area contributed by atoms with Gasteiger partial charge in [-0.2, -0.15) is 5.10 Å². The van der Waals surface area contributed by atoms with E-state index < -0.39 is 18.0 Å². The zero-order valence-corrected chi connectivity index (χ0v) is 10.0. The minimum atomic E-state index is -2.78. The molecule has 5 nitrogen and oxygen atoms in total. The SMILES string of the molecule is Cn1cc(C(=O)N2CCCC2CO)c(C(F)F)n1. The van der Waals surface area contributed by atoms with Gasteiger partial charge in [0.1, 0.15) is 5.69 Å². The largest absolute Gasteiger partial charge is 0.394 e. The molecule has 0 aromatic carbocycles. The van der Waals surface area contributed by atoms with E-state index >= 15 is 0 Å². The third kappa shape index (κ3) is 2.22. The van der Waals surface area contributed by atoms with Gasteiger partial charge in [-0.1, -0.05) is 0 Å². The van der Waals surface area contributed by atoms with Gasteiger partial charge in [-0.3, -0.25) is 9.48 Å². The van der Waals surface area contributed by atoms with Gasteiger partial charge in [0, 0.05) is 19.8 Å². The number of nitrogens with zero attached hydrogens (tertiary/aromatic N) is 3. The van der Waals surface area contributed by atoms with E-state index in [1.165, 1.54) is 22.8 Å². The summed E-state index contributed by atoms with van der Waals surface area (Å²) in [4.78, 5) is 13.6. The van der Waals surface area contributed by atoms with Crippen molar-refractivity contribution in [2.45, 2.75) is 25.3 Å². The number of aryl methyl sites for hydroxylation is 1. The summed E-state index contributed by atoms with van der Waals surface area (Å²) in [7, 11) is 1.50. The number of alkyl halides is 2. The molecule has 1 atom stereocenters. The first kappa shape index (κ1) is 12.9. The van der Waals surface area contributed by atoms with Crippen molar-refractivity contribution in [2.75, 3.05) is 13.2 Å². The number of hydrogen-bond acceptors (Lipinski definition) is 3. The van der Waals surface area contributed by atoms with Crippen molar-refractivity contribution in [2.24, 2.45) is 7.05 Å². The average Bonchev–Trinajstić information content (AvgIpc) is 2.93. The number of aliphatic hydroxyl groups excluding tert-OH is 1. The second kappa shape index (κ2) is 5.01. The fraction of sp³-hybridized carbons (Fsp3) is 0.636. The molecule has 2 heterocycles. The van der Waals surface area contributed by atoms with E-state index in [4.69, 9.17) is 5.11 Å². The third-order valence-electron chi connectivity index (χ3n) is 3.14. The lowest BCUT2D eigenvalue weighted by Gasteiger charge is -2.22. The monoisotopic (exact) mass is 259 g/mol. The first-order chi connectivity index (χ1) is 8.54. The molecule has 0 radical (unpaired) electrons. The molecule has 0 spiro atoms. The van der Waals surface area contributed by atoms with Crippen molar-refractivity contribution in [1.82, 2.24) is 14.7 Å². The molecule has 1 saturated heterocycles. The number of amides is 1. The zero-order valence-electron chi connectivity index (χ0n) is 10.0. The zero-order chi connectivity index (χ0) is 13.3. The van der Waals surface area contributed by atoms with Crippen molar-refractivity contribution in [3.05, 3.63) is 17.5 Å². The highest BCUT2D eigenvalue weighted by Gasteiger charge is 2.32. The van der Waals surface area contributed by atoms with Crippen LogP contribution in [0, 0.1) is 0 Å². The Morgan fingerprint density at radius 3 is 3.00 bits per heavy atom. The lowest BCUT2D eigenvalue weighted by Crippen LogP contribution is -2.37. The van der Waals surface area contributed by atoms with Crippen LogP contribution < -0.4 is 0 Å². The highest BCUT2D eigenvalue weighted by molar-refractivity contribution is 5.95. The first-order valence-corrected chi connectivity index (χ1v) is 5.78. The molecular formula is C11H15F2N3O2. The summed E-state index contributed by atoms with van der Waals surface area (Å²) in [5.41, 5.74) is -0.570. The van der Waals surface area contributed by atoms with Gasteiger partial charge >= 0.3 is 0 Å². The van der Waals surface area contributed by atoms with Crippen LogP contribution in [0.2, 0.25) is 0 Å². The second-order valence-electron chi connectivity index (χ2n) is 4.38. The number of carbonyl (C=O) groups excluding carboxylic acids is 1. The van der Waals surface area contributed by atoms with Crippen LogP contribution in [-0.4, -0.2) is 44.9 Å². The lowest BCUT2D eigenvalue weighted by molar-refractivity contribution is 0.0666. The predicted octanol–water partition coefficient (Wildman–Crippen LogP) is 0.955. The van der Waals surface area contributed by atoms with Crippen LogP contribution in [0.1, 0.15) is 35.3 Å². The van der Waals surface area contributed by atoms with Crippen molar-refractivity contribution in [1.29, 1.82) is 0 Å². The summed E-state index contributed by atoms with van der Waals surface area (Å²) in [5, 5.41) is 12.8. The summed E-state index contributed by atoms with van der Waals surface area (Å²) in [5.74, 6) is -0.477. The first-order valence-electron chi connectivity index (χ1n) is 5.78. The molecule has 1 unspecified atom stereocenters. The molecule has 0 saturated carbocycles. The average molecular weight is 259 g/mol. The van der Waals surface area contributed by atoms with Gasteiger partial charge in [0.05, 0.1) is 18.2 Å². The van der Waals surface area contributed by atoms with E-state index in [1.54, 1.807) is 0 Å². The van der Waals surface area contributed by atoms with E-state index in [2.05, 4.69) is 5.10 Å². The predicted molar refractivity (Wildman–Crippen MR) is 59.3 cm³/mol. The lowest BCUT2D eigenvalue weighted by atomic mass is 10.2. The Kier molecular flexibility index (Phi) is 3.60. The van der Waals surface area contributed by atoms with Crippen LogP contribution in [0.15, 0.2) is 6.20 Å². The molecule has 1 amide bonds. The van der Waals surface area contributed by atoms with Crippen LogP contribution in [0.25, 0.3) is 0 Å². The fourth-order valence-electron chi connectivity index (χ4n) is 2.28. The molecule has 1 aliphatic rings. The molecule has 0 aliphatic carbocycles. The van der Waals surface area contributed by atoms with E-state index in [-0.39, 0.29) is 18.2 Å². The molecule has 0 bridgehead atoms. The third-order valence-corrected chi connectivity index (χ3v) is 3.14. The molecule has 1 fully saturated rings. The molecule has 1 aliphatic heterocycles. The number of halogens is 2.